The van der Waals surface area contributed by atoms with Crippen molar-refractivity contribution >= 4 is 11.9 Å². The molecule has 0 aliphatic carbocycles. The fourth-order valence-electron chi connectivity index (χ4n) is 0.765. The van der Waals surface area contributed by atoms with Gasteiger partial charge in [-0.05, 0) is 34.6 Å². The molecule has 0 saturated carbocycles. The van der Waals surface area contributed by atoms with Gasteiger partial charge in [-0.3, -0.25) is 4.79 Å². The van der Waals surface area contributed by atoms with Gasteiger partial charge in [0.15, 0.2) is 0 Å². The molecule has 2 N–H and O–H groups in total. The molecular weight excluding hydrogens is 182 g/mol. The predicted molar refractivity (Wildman–Crippen MR) is 53.9 cm³/mol. The summed E-state index contributed by atoms with van der Waals surface area (Å²) in [7, 11) is 0. The first kappa shape index (κ1) is 12.7. The quantitative estimate of drug-likeness (QED) is 0.659. The van der Waals surface area contributed by atoms with Gasteiger partial charge in [-0.1, -0.05) is 0 Å². The minimum atomic E-state index is -1.06. The van der Waals surface area contributed by atoms with Crippen molar-refractivity contribution in [3.63, 3.8) is 0 Å². The largest absolute Gasteiger partial charge is 0.478 e. The smallest absolute Gasteiger partial charge is 0.331 e. The molecule has 0 spiro atoms. The van der Waals surface area contributed by atoms with Crippen LogP contribution in [-0.4, -0.2) is 22.5 Å². The summed E-state index contributed by atoms with van der Waals surface area (Å²) < 4.78 is 0. The molecule has 80 valence electrons. The number of carboxylic acid groups (broad SMARTS) is 1. The van der Waals surface area contributed by atoms with Crippen LogP contribution in [0, 0.1) is 0 Å². The maximum absolute atomic E-state index is 11.5. The zero-order valence-electron chi connectivity index (χ0n) is 9.26. The summed E-state index contributed by atoms with van der Waals surface area (Å²) in [5.74, 6) is -1.40. The summed E-state index contributed by atoms with van der Waals surface area (Å²) in [4.78, 5) is 22.0. The van der Waals surface area contributed by atoms with E-state index in [1.54, 1.807) is 0 Å². The Morgan fingerprint density at radius 1 is 1.07 bits per heavy atom. The second-order valence-corrected chi connectivity index (χ2v) is 4.26. The van der Waals surface area contributed by atoms with Crippen molar-refractivity contribution in [2.45, 2.75) is 40.2 Å². The van der Waals surface area contributed by atoms with Crippen molar-refractivity contribution < 1.29 is 14.7 Å². The van der Waals surface area contributed by atoms with Crippen molar-refractivity contribution in [3.05, 3.63) is 11.1 Å². The van der Waals surface area contributed by atoms with Crippen molar-refractivity contribution in [1.29, 1.82) is 0 Å². The predicted octanol–water partition coefficient (Wildman–Crippen LogP) is 1.32. The van der Waals surface area contributed by atoms with Gasteiger partial charge in [0.1, 0.15) is 0 Å². The molecule has 0 aromatic heterocycles. The Morgan fingerprint density at radius 3 is 1.79 bits per heavy atom. The Hall–Kier alpha value is -1.32. The van der Waals surface area contributed by atoms with E-state index in [1.165, 1.54) is 13.8 Å². The summed E-state index contributed by atoms with van der Waals surface area (Å²) in [6.07, 6.45) is 0. The summed E-state index contributed by atoms with van der Waals surface area (Å²) in [5, 5.41) is 11.4. The van der Waals surface area contributed by atoms with Gasteiger partial charge in [0, 0.05) is 16.7 Å². The number of amides is 1. The molecule has 0 aliphatic heterocycles. The minimum absolute atomic E-state index is 0.0757. The van der Waals surface area contributed by atoms with Crippen LogP contribution < -0.4 is 5.32 Å². The van der Waals surface area contributed by atoms with E-state index in [2.05, 4.69) is 5.32 Å². The van der Waals surface area contributed by atoms with Crippen LogP contribution >= 0.6 is 0 Å². The van der Waals surface area contributed by atoms with Gasteiger partial charge >= 0.3 is 5.97 Å². The summed E-state index contributed by atoms with van der Waals surface area (Å²) in [6.45, 7) is 8.45. The van der Waals surface area contributed by atoms with E-state index in [0.717, 1.165) is 0 Å². The van der Waals surface area contributed by atoms with Gasteiger partial charge in [-0.15, -0.1) is 0 Å². The van der Waals surface area contributed by atoms with E-state index in [0.29, 0.717) is 0 Å². The third kappa shape index (κ3) is 4.07. The number of aliphatic carboxylic acids is 1. The Labute approximate surface area is 84.0 Å². The molecule has 0 heterocycles. The molecule has 0 aromatic rings. The molecule has 4 nitrogen and oxygen atoms in total. The Balaban J connectivity index is 4.72. The van der Waals surface area contributed by atoms with Crippen molar-refractivity contribution in [1.82, 2.24) is 5.32 Å². The van der Waals surface area contributed by atoms with Gasteiger partial charge in [0.25, 0.3) is 0 Å². The molecule has 0 radical (unpaired) electrons. The lowest BCUT2D eigenvalue weighted by atomic mass is 10.1. The number of rotatable bonds is 2. The monoisotopic (exact) mass is 199 g/mol. The second-order valence-electron chi connectivity index (χ2n) is 4.26. The number of nitrogens with one attached hydrogen (secondary N) is 1. The molecule has 0 fully saturated rings. The number of carbonyl (C=O) groups excluding carboxylic acids is 1. The van der Waals surface area contributed by atoms with E-state index >= 15 is 0 Å². The fourth-order valence-corrected chi connectivity index (χ4v) is 0.765. The van der Waals surface area contributed by atoms with Crippen molar-refractivity contribution in [3.8, 4) is 0 Å². The molecule has 4 heteroatoms. The zero-order valence-corrected chi connectivity index (χ0v) is 9.26. The molecule has 0 rings (SSSR count). The maximum atomic E-state index is 11.5. The topological polar surface area (TPSA) is 66.4 Å². The standard InChI is InChI=1S/C10H17NO3/c1-6(7(2)9(13)14)8(12)11-10(3,4)5/h1-5H3,(H,11,12)(H,13,14). The van der Waals surface area contributed by atoms with E-state index < -0.39 is 5.97 Å². The lowest BCUT2D eigenvalue weighted by Crippen LogP contribution is -2.41. The van der Waals surface area contributed by atoms with Gasteiger partial charge in [0.05, 0.1) is 0 Å². The van der Waals surface area contributed by atoms with Crippen LogP contribution in [0.1, 0.15) is 34.6 Å². The highest BCUT2D eigenvalue weighted by molar-refractivity contribution is 6.01. The highest BCUT2D eigenvalue weighted by Gasteiger charge is 2.17. The summed E-state index contributed by atoms with van der Waals surface area (Å²) in [5.41, 5.74) is -0.0314. The molecular formula is C10H17NO3. The normalized spacial score (nSPS) is 13.2. The number of hydrogen-bond donors (Lipinski definition) is 2. The number of carbonyl (C=O) groups is 2. The first-order valence-electron chi connectivity index (χ1n) is 4.38. The highest BCUT2D eigenvalue weighted by Crippen LogP contribution is 2.06. The van der Waals surface area contributed by atoms with Gasteiger partial charge < -0.3 is 10.4 Å². The molecule has 0 saturated heterocycles. The Bertz CT molecular complexity index is 284. The van der Waals surface area contributed by atoms with E-state index in [9.17, 15) is 9.59 Å². The van der Waals surface area contributed by atoms with Crippen LogP contribution in [-0.2, 0) is 9.59 Å². The van der Waals surface area contributed by atoms with Crippen molar-refractivity contribution in [2.75, 3.05) is 0 Å². The van der Waals surface area contributed by atoms with Gasteiger partial charge in [-0.25, -0.2) is 4.79 Å². The first-order valence-corrected chi connectivity index (χ1v) is 4.38. The van der Waals surface area contributed by atoms with Crippen LogP contribution in [0.25, 0.3) is 0 Å². The van der Waals surface area contributed by atoms with Crippen LogP contribution in [0.4, 0.5) is 0 Å². The zero-order chi connectivity index (χ0) is 11.5. The molecule has 0 atom stereocenters. The third-order valence-corrected chi connectivity index (χ3v) is 1.71. The molecule has 0 bridgehead atoms. The first-order chi connectivity index (χ1) is 6.15. The minimum Gasteiger partial charge on any atom is -0.478 e. The lowest BCUT2D eigenvalue weighted by Gasteiger charge is -2.21. The third-order valence-electron chi connectivity index (χ3n) is 1.71. The van der Waals surface area contributed by atoms with Gasteiger partial charge in [-0.2, -0.15) is 0 Å². The highest BCUT2D eigenvalue weighted by atomic mass is 16.4. The van der Waals surface area contributed by atoms with Gasteiger partial charge in [0.2, 0.25) is 5.91 Å². The average Bonchev–Trinajstić information content (AvgIpc) is 1.98. The van der Waals surface area contributed by atoms with Crippen LogP contribution in [0.5, 0.6) is 0 Å². The van der Waals surface area contributed by atoms with E-state index in [-0.39, 0.29) is 22.6 Å². The molecule has 0 aromatic carbocycles. The van der Waals surface area contributed by atoms with Crippen molar-refractivity contribution in [2.24, 2.45) is 0 Å². The van der Waals surface area contributed by atoms with E-state index in [1.807, 2.05) is 20.8 Å². The number of hydrogen-bond acceptors (Lipinski definition) is 2. The van der Waals surface area contributed by atoms with Crippen LogP contribution in [0.3, 0.4) is 0 Å². The SMILES string of the molecule is CC(C(=O)O)=C(C)C(=O)NC(C)(C)C. The number of carboxylic acids is 1. The lowest BCUT2D eigenvalue weighted by molar-refractivity contribution is -0.133. The summed E-state index contributed by atoms with van der Waals surface area (Å²) in [6, 6.07) is 0. The molecule has 14 heavy (non-hydrogen) atoms. The Morgan fingerprint density at radius 2 is 1.50 bits per heavy atom. The Kier molecular flexibility index (Phi) is 3.86. The average molecular weight is 199 g/mol. The van der Waals surface area contributed by atoms with Crippen LogP contribution in [0.15, 0.2) is 11.1 Å². The molecule has 0 aliphatic rings. The van der Waals surface area contributed by atoms with Crippen LogP contribution in [0.2, 0.25) is 0 Å². The molecule has 1 amide bonds. The fraction of sp³-hybridized carbons (Fsp3) is 0.600. The maximum Gasteiger partial charge on any atom is 0.331 e. The van der Waals surface area contributed by atoms with E-state index in [4.69, 9.17) is 5.11 Å². The summed E-state index contributed by atoms with van der Waals surface area (Å²) >= 11 is 0. The second kappa shape index (κ2) is 4.26. The molecule has 0 unspecified atom stereocenters.